The van der Waals surface area contributed by atoms with Crippen molar-refractivity contribution < 1.29 is 18.0 Å². The van der Waals surface area contributed by atoms with Gasteiger partial charge in [-0.15, -0.1) is 0 Å². The lowest BCUT2D eigenvalue weighted by Gasteiger charge is -2.05. The normalized spacial score (nSPS) is 11.0. The van der Waals surface area contributed by atoms with Crippen LogP contribution in [0.25, 0.3) is 0 Å². The fraction of sp³-hybridized carbons (Fsp3) is 0.143. The van der Waals surface area contributed by atoms with Crippen LogP contribution < -0.4 is 5.32 Å². The van der Waals surface area contributed by atoms with Crippen LogP contribution in [0.3, 0.4) is 0 Å². The van der Waals surface area contributed by atoms with Gasteiger partial charge in [0.25, 0.3) is 0 Å². The molecule has 0 unspecified atom stereocenters. The Morgan fingerprint density at radius 1 is 1.38 bits per heavy atom. The van der Waals surface area contributed by atoms with E-state index in [0.29, 0.717) is 6.20 Å². The van der Waals surface area contributed by atoms with Gasteiger partial charge in [0.2, 0.25) is 0 Å². The zero-order valence-electron chi connectivity index (χ0n) is 6.22. The van der Waals surface area contributed by atoms with E-state index < -0.39 is 11.7 Å². The number of aromatic nitrogens is 1. The third-order valence-electron chi connectivity index (χ3n) is 1.27. The summed E-state index contributed by atoms with van der Waals surface area (Å²) in [6.45, 7) is 0. The first-order valence-corrected chi connectivity index (χ1v) is 3.20. The summed E-state index contributed by atoms with van der Waals surface area (Å²) in [6.07, 6.45) is -2.47. The summed E-state index contributed by atoms with van der Waals surface area (Å²) in [6, 6.07) is 1.88. The van der Waals surface area contributed by atoms with Gasteiger partial charge in [0.05, 0.1) is 5.56 Å². The summed E-state index contributed by atoms with van der Waals surface area (Å²) in [5.41, 5.74) is -0.857. The van der Waals surface area contributed by atoms with Crippen LogP contribution in [0.2, 0.25) is 0 Å². The zero-order chi connectivity index (χ0) is 9.90. The van der Waals surface area contributed by atoms with Crippen molar-refractivity contribution in [3.05, 3.63) is 23.9 Å². The molecule has 13 heavy (non-hydrogen) atoms. The Balaban J connectivity index is 2.87. The molecule has 0 saturated heterocycles. The minimum Gasteiger partial charge on any atom is -0.302 e. The Morgan fingerprint density at radius 3 is 2.46 bits per heavy atom. The summed E-state index contributed by atoms with van der Waals surface area (Å²) in [7, 11) is 0. The fourth-order valence-corrected chi connectivity index (χ4v) is 0.688. The van der Waals surface area contributed by atoms with Crippen LogP contribution in [-0.2, 0) is 11.0 Å². The second kappa shape index (κ2) is 3.42. The molecule has 1 radical (unpaired) electrons. The highest BCUT2D eigenvalue weighted by Crippen LogP contribution is 2.28. The molecule has 6 heteroatoms. The van der Waals surface area contributed by atoms with E-state index in [1.54, 1.807) is 0 Å². The summed E-state index contributed by atoms with van der Waals surface area (Å²) in [5.74, 6) is 0.0306. The molecule has 0 aliphatic carbocycles. The van der Waals surface area contributed by atoms with Crippen molar-refractivity contribution in [2.24, 2.45) is 0 Å². The predicted octanol–water partition coefficient (Wildman–Crippen LogP) is 1.58. The molecule has 0 aromatic carbocycles. The maximum Gasteiger partial charge on any atom is 0.417 e. The van der Waals surface area contributed by atoms with Crippen LogP contribution >= 0.6 is 0 Å². The molecule has 0 saturated carbocycles. The Bertz CT molecular complexity index is 294. The van der Waals surface area contributed by atoms with Gasteiger partial charge in [-0.2, -0.15) is 13.2 Å². The highest BCUT2D eigenvalue weighted by molar-refractivity contribution is 5.69. The maximum absolute atomic E-state index is 12.0. The summed E-state index contributed by atoms with van der Waals surface area (Å²) < 4.78 is 35.9. The molecule has 1 amide bonds. The molecule has 1 heterocycles. The quantitative estimate of drug-likeness (QED) is 0.717. The van der Waals surface area contributed by atoms with Gasteiger partial charge in [-0.25, -0.2) is 4.98 Å². The van der Waals surface area contributed by atoms with Crippen LogP contribution in [0.4, 0.5) is 19.0 Å². The second-order valence-electron chi connectivity index (χ2n) is 2.16. The molecular formula is C7H4F3N2O. The smallest absolute Gasteiger partial charge is 0.302 e. The molecule has 3 nitrogen and oxygen atoms in total. The van der Waals surface area contributed by atoms with Crippen molar-refractivity contribution in [2.45, 2.75) is 6.18 Å². The standard InChI is InChI=1S/C7H4F3N2O/c8-7(9,10)5-1-2-6(11-3-5)12-4-13/h1-3H,(H,11,12,13). The molecule has 0 atom stereocenters. The summed E-state index contributed by atoms with van der Waals surface area (Å²) >= 11 is 0. The average molecular weight is 189 g/mol. The highest BCUT2D eigenvalue weighted by Gasteiger charge is 2.30. The van der Waals surface area contributed by atoms with Crippen molar-refractivity contribution in [3.63, 3.8) is 0 Å². The lowest BCUT2D eigenvalue weighted by Crippen LogP contribution is -2.06. The number of nitrogens with one attached hydrogen (secondary N) is 1. The van der Waals surface area contributed by atoms with Gasteiger partial charge >= 0.3 is 12.6 Å². The molecule has 0 bridgehead atoms. The molecule has 0 fully saturated rings. The van der Waals surface area contributed by atoms with Crippen LogP contribution in [0.15, 0.2) is 18.3 Å². The van der Waals surface area contributed by atoms with Gasteiger partial charge < -0.3 is 5.32 Å². The topological polar surface area (TPSA) is 42.0 Å². The summed E-state index contributed by atoms with van der Waals surface area (Å²) in [4.78, 5) is 13.1. The molecule has 0 aliphatic rings. The van der Waals surface area contributed by atoms with E-state index in [2.05, 4.69) is 4.98 Å². The number of hydrogen-bond donors (Lipinski definition) is 1. The number of rotatable bonds is 2. The van der Waals surface area contributed by atoms with E-state index in [-0.39, 0.29) is 5.82 Å². The van der Waals surface area contributed by atoms with Crippen molar-refractivity contribution >= 4 is 12.2 Å². The Kier molecular flexibility index (Phi) is 2.50. The largest absolute Gasteiger partial charge is 0.417 e. The van der Waals surface area contributed by atoms with Crippen LogP contribution in [-0.4, -0.2) is 11.4 Å². The van der Waals surface area contributed by atoms with E-state index in [1.165, 1.54) is 6.41 Å². The number of amides is 1. The van der Waals surface area contributed by atoms with E-state index in [9.17, 15) is 18.0 Å². The number of alkyl halides is 3. The van der Waals surface area contributed by atoms with E-state index in [0.717, 1.165) is 12.1 Å². The van der Waals surface area contributed by atoms with Gasteiger partial charge in [0, 0.05) is 6.20 Å². The van der Waals surface area contributed by atoms with Crippen LogP contribution in [0.1, 0.15) is 5.56 Å². The number of nitrogens with zero attached hydrogens (tertiary/aromatic N) is 1. The molecule has 69 valence electrons. The van der Waals surface area contributed by atoms with Gasteiger partial charge in [-0.3, -0.25) is 4.79 Å². The number of hydrogen-bond acceptors (Lipinski definition) is 2. The van der Waals surface area contributed by atoms with Gasteiger partial charge in [-0.05, 0) is 12.1 Å². The maximum atomic E-state index is 12.0. The first-order valence-electron chi connectivity index (χ1n) is 3.20. The Morgan fingerprint density at radius 2 is 2.08 bits per heavy atom. The average Bonchev–Trinajstić information content (AvgIpc) is 2.04. The monoisotopic (exact) mass is 189 g/mol. The molecular weight excluding hydrogens is 185 g/mol. The molecule has 0 spiro atoms. The number of pyridine rings is 1. The highest BCUT2D eigenvalue weighted by atomic mass is 19.4. The lowest BCUT2D eigenvalue weighted by atomic mass is 10.3. The van der Waals surface area contributed by atoms with Crippen molar-refractivity contribution in [1.82, 2.24) is 4.98 Å². The second-order valence-corrected chi connectivity index (χ2v) is 2.16. The molecule has 1 N–H and O–H groups in total. The minimum atomic E-state index is -4.41. The first-order chi connectivity index (χ1) is 6.04. The first kappa shape index (κ1) is 9.50. The summed E-state index contributed by atoms with van der Waals surface area (Å²) in [5, 5.41) is 2.00. The van der Waals surface area contributed by atoms with Crippen LogP contribution in [0.5, 0.6) is 0 Å². The van der Waals surface area contributed by atoms with E-state index >= 15 is 0 Å². The third-order valence-corrected chi connectivity index (χ3v) is 1.27. The Hall–Kier alpha value is -1.59. The predicted molar refractivity (Wildman–Crippen MR) is 38.6 cm³/mol. The number of halogens is 3. The third kappa shape index (κ3) is 2.43. The molecule has 1 rings (SSSR count). The fourth-order valence-electron chi connectivity index (χ4n) is 0.688. The molecule has 0 aliphatic heterocycles. The van der Waals surface area contributed by atoms with Crippen molar-refractivity contribution in [3.8, 4) is 0 Å². The Labute approximate surface area is 71.6 Å². The SMILES string of the molecule is O=[C]Nc1ccc(C(F)(F)F)cn1. The van der Waals surface area contributed by atoms with Crippen molar-refractivity contribution in [1.29, 1.82) is 0 Å². The lowest BCUT2D eigenvalue weighted by molar-refractivity contribution is -0.137. The van der Waals surface area contributed by atoms with E-state index in [4.69, 9.17) is 0 Å². The van der Waals surface area contributed by atoms with E-state index in [1.807, 2.05) is 5.32 Å². The van der Waals surface area contributed by atoms with Gasteiger partial charge in [0.1, 0.15) is 5.82 Å². The number of carbonyl (C=O) groups excluding carboxylic acids is 1. The zero-order valence-corrected chi connectivity index (χ0v) is 6.22. The van der Waals surface area contributed by atoms with Gasteiger partial charge in [-0.1, -0.05) is 0 Å². The minimum absolute atomic E-state index is 0.0306. The molecule has 1 aromatic heterocycles. The molecule has 1 aromatic rings. The van der Waals surface area contributed by atoms with Crippen LogP contribution in [0, 0.1) is 0 Å². The van der Waals surface area contributed by atoms with Gasteiger partial charge in [0.15, 0.2) is 0 Å². The van der Waals surface area contributed by atoms with Crippen molar-refractivity contribution in [2.75, 3.05) is 5.32 Å². The number of anilines is 1.